The standard InChI is InChI=1S/C18H30N2/c1-14-10-12-20(13-11-15(2)19-14)17-9-7-6-8-16(17)18(3,4)5/h6-9,14-15,19H,10-13H2,1-5H3. The third-order valence-electron chi connectivity index (χ3n) is 4.29. The summed E-state index contributed by atoms with van der Waals surface area (Å²) in [6, 6.07) is 10.1. The minimum absolute atomic E-state index is 0.203. The van der Waals surface area contributed by atoms with Crippen LogP contribution < -0.4 is 10.2 Å². The van der Waals surface area contributed by atoms with Crippen molar-refractivity contribution in [2.45, 2.75) is 65.0 Å². The highest BCUT2D eigenvalue weighted by Crippen LogP contribution is 2.32. The summed E-state index contributed by atoms with van der Waals surface area (Å²) in [5.74, 6) is 0. The van der Waals surface area contributed by atoms with E-state index in [0.29, 0.717) is 12.1 Å². The molecule has 2 nitrogen and oxygen atoms in total. The summed E-state index contributed by atoms with van der Waals surface area (Å²) in [5, 5.41) is 3.67. The first-order valence-electron chi connectivity index (χ1n) is 7.98. The van der Waals surface area contributed by atoms with E-state index in [1.165, 1.54) is 24.1 Å². The third-order valence-corrected chi connectivity index (χ3v) is 4.29. The van der Waals surface area contributed by atoms with Gasteiger partial charge in [0.25, 0.3) is 0 Å². The maximum Gasteiger partial charge on any atom is 0.0404 e. The molecular formula is C18H30N2. The van der Waals surface area contributed by atoms with E-state index in [1.54, 1.807) is 0 Å². The Morgan fingerprint density at radius 3 is 2.10 bits per heavy atom. The van der Waals surface area contributed by atoms with Crippen LogP contribution in [0.2, 0.25) is 0 Å². The molecule has 1 aliphatic rings. The molecule has 1 N–H and O–H groups in total. The summed E-state index contributed by atoms with van der Waals surface area (Å²) in [6.45, 7) is 13.8. The molecule has 2 unspecified atom stereocenters. The Balaban J connectivity index is 2.25. The molecule has 1 fully saturated rings. The number of hydrogen-bond donors (Lipinski definition) is 1. The first-order valence-corrected chi connectivity index (χ1v) is 7.98. The molecule has 0 aliphatic carbocycles. The average molecular weight is 274 g/mol. The van der Waals surface area contributed by atoms with E-state index in [-0.39, 0.29) is 5.41 Å². The van der Waals surface area contributed by atoms with Gasteiger partial charge in [-0.1, -0.05) is 39.0 Å². The van der Waals surface area contributed by atoms with Crippen molar-refractivity contribution in [2.24, 2.45) is 0 Å². The van der Waals surface area contributed by atoms with E-state index >= 15 is 0 Å². The molecule has 0 saturated carbocycles. The van der Waals surface area contributed by atoms with Crippen LogP contribution in [0.25, 0.3) is 0 Å². The van der Waals surface area contributed by atoms with Crippen LogP contribution in [0.3, 0.4) is 0 Å². The van der Waals surface area contributed by atoms with Crippen LogP contribution in [0.5, 0.6) is 0 Å². The van der Waals surface area contributed by atoms with Gasteiger partial charge in [-0.25, -0.2) is 0 Å². The van der Waals surface area contributed by atoms with Crippen molar-refractivity contribution in [3.05, 3.63) is 29.8 Å². The van der Waals surface area contributed by atoms with E-state index in [2.05, 4.69) is 69.1 Å². The minimum Gasteiger partial charge on any atom is -0.371 e. The second-order valence-electron chi connectivity index (χ2n) is 7.30. The monoisotopic (exact) mass is 274 g/mol. The molecule has 1 aromatic carbocycles. The highest BCUT2D eigenvalue weighted by Gasteiger charge is 2.22. The molecule has 20 heavy (non-hydrogen) atoms. The Morgan fingerprint density at radius 1 is 1.00 bits per heavy atom. The van der Waals surface area contributed by atoms with Crippen LogP contribution >= 0.6 is 0 Å². The van der Waals surface area contributed by atoms with Crippen LogP contribution in [-0.2, 0) is 5.41 Å². The Kier molecular flexibility index (Phi) is 4.74. The van der Waals surface area contributed by atoms with Gasteiger partial charge in [-0.15, -0.1) is 0 Å². The molecule has 1 heterocycles. The van der Waals surface area contributed by atoms with Crippen molar-refractivity contribution in [1.82, 2.24) is 5.32 Å². The fourth-order valence-corrected chi connectivity index (χ4v) is 3.09. The smallest absolute Gasteiger partial charge is 0.0404 e. The third kappa shape index (κ3) is 3.76. The Hall–Kier alpha value is -1.02. The lowest BCUT2D eigenvalue weighted by atomic mass is 9.85. The van der Waals surface area contributed by atoms with Crippen LogP contribution in [0.4, 0.5) is 5.69 Å². The summed E-state index contributed by atoms with van der Waals surface area (Å²) >= 11 is 0. The van der Waals surface area contributed by atoms with Gasteiger partial charge in [-0.2, -0.15) is 0 Å². The summed E-state index contributed by atoms with van der Waals surface area (Å²) in [4.78, 5) is 2.59. The van der Waals surface area contributed by atoms with Gasteiger partial charge in [-0.05, 0) is 43.7 Å². The van der Waals surface area contributed by atoms with Gasteiger partial charge in [0.1, 0.15) is 0 Å². The van der Waals surface area contributed by atoms with E-state index in [0.717, 1.165) is 13.1 Å². The Morgan fingerprint density at radius 2 is 1.55 bits per heavy atom. The highest BCUT2D eigenvalue weighted by atomic mass is 15.1. The predicted octanol–water partition coefficient (Wildman–Crippen LogP) is 3.95. The van der Waals surface area contributed by atoms with E-state index in [1.807, 2.05) is 0 Å². The maximum atomic E-state index is 3.67. The van der Waals surface area contributed by atoms with Crippen molar-refractivity contribution in [1.29, 1.82) is 0 Å². The van der Waals surface area contributed by atoms with E-state index in [9.17, 15) is 0 Å². The zero-order chi connectivity index (χ0) is 14.8. The number of hydrogen-bond acceptors (Lipinski definition) is 2. The SMILES string of the molecule is CC1CCN(c2ccccc2C(C)(C)C)CCC(C)N1. The first kappa shape index (κ1) is 15.4. The zero-order valence-corrected chi connectivity index (χ0v) is 13.7. The summed E-state index contributed by atoms with van der Waals surface area (Å²) in [7, 11) is 0. The lowest BCUT2D eigenvalue weighted by Gasteiger charge is -2.35. The van der Waals surface area contributed by atoms with Crippen molar-refractivity contribution in [3.8, 4) is 0 Å². The van der Waals surface area contributed by atoms with Crippen LogP contribution in [-0.4, -0.2) is 25.2 Å². The molecule has 0 bridgehead atoms. The molecule has 0 radical (unpaired) electrons. The van der Waals surface area contributed by atoms with Gasteiger partial charge in [0.2, 0.25) is 0 Å². The normalized spacial score (nSPS) is 25.1. The number of rotatable bonds is 1. The molecular weight excluding hydrogens is 244 g/mol. The van der Waals surface area contributed by atoms with Gasteiger partial charge in [-0.3, -0.25) is 0 Å². The number of benzene rings is 1. The number of nitrogens with one attached hydrogen (secondary N) is 1. The quantitative estimate of drug-likeness (QED) is 0.834. The van der Waals surface area contributed by atoms with Gasteiger partial charge in [0.15, 0.2) is 0 Å². The lowest BCUT2D eigenvalue weighted by molar-refractivity contribution is 0.403. The number of anilines is 1. The first-order chi connectivity index (χ1) is 9.38. The molecule has 2 atom stereocenters. The molecule has 2 heteroatoms. The Labute approximate surface area is 124 Å². The van der Waals surface area contributed by atoms with Crippen molar-refractivity contribution >= 4 is 5.69 Å². The number of nitrogens with zero attached hydrogens (tertiary/aromatic N) is 1. The van der Waals surface area contributed by atoms with Gasteiger partial charge < -0.3 is 10.2 Å². The van der Waals surface area contributed by atoms with E-state index < -0.39 is 0 Å². The molecule has 0 amide bonds. The summed E-state index contributed by atoms with van der Waals surface area (Å²) in [6.07, 6.45) is 2.42. The summed E-state index contributed by atoms with van der Waals surface area (Å²) in [5.41, 5.74) is 3.10. The molecule has 0 spiro atoms. The molecule has 2 rings (SSSR count). The van der Waals surface area contributed by atoms with Gasteiger partial charge in [0.05, 0.1) is 0 Å². The molecule has 1 saturated heterocycles. The second-order valence-corrected chi connectivity index (χ2v) is 7.30. The minimum atomic E-state index is 0.203. The molecule has 1 aromatic rings. The van der Waals surface area contributed by atoms with Crippen LogP contribution in [0, 0.1) is 0 Å². The van der Waals surface area contributed by atoms with Gasteiger partial charge in [0, 0.05) is 30.9 Å². The predicted molar refractivity (Wildman–Crippen MR) is 88.6 cm³/mol. The fraction of sp³-hybridized carbons (Fsp3) is 0.667. The van der Waals surface area contributed by atoms with Crippen LogP contribution in [0.1, 0.15) is 53.0 Å². The van der Waals surface area contributed by atoms with Crippen molar-refractivity contribution in [3.63, 3.8) is 0 Å². The molecule has 112 valence electrons. The molecule has 1 aliphatic heterocycles. The topological polar surface area (TPSA) is 15.3 Å². The van der Waals surface area contributed by atoms with Crippen molar-refractivity contribution < 1.29 is 0 Å². The lowest BCUT2D eigenvalue weighted by Crippen LogP contribution is -2.43. The average Bonchev–Trinajstić information content (AvgIpc) is 2.36. The van der Waals surface area contributed by atoms with Gasteiger partial charge >= 0.3 is 0 Å². The second kappa shape index (κ2) is 6.17. The zero-order valence-electron chi connectivity index (χ0n) is 13.7. The largest absolute Gasteiger partial charge is 0.371 e. The maximum absolute atomic E-state index is 3.67. The molecule has 0 aromatic heterocycles. The van der Waals surface area contributed by atoms with Crippen LogP contribution in [0.15, 0.2) is 24.3 Å². The number of para-hydroxylation sites is 1. The van der Waals surface area contributed by atoms with Crippen molar-refractivity contribution in [2.75, 3.05) is 18.0 Å². The highest BCUT2D eigenvalue weighted by molar-refractivity contribution is 5.56. The fourth-order valence-electron chi connectivity index (χ4n) is 3.09. The Bertz CT molecular complexity index is 421. The summed E-state index contributed by atoms with van der Waals surface area (Å²) < 4.78 is 0. The van der Waals surface area contributed by atoms with E-state index in [4.69, 9.17) is 0 Å².